The molecule has 0 saturated heterocycles. The first kappa shape index (κ1) is 14.4. The molecule has 18 heavy (non-hydrogen) atoms. The Balaban J connectivity index is 2.70. The van der Waals surface area contributed by atoms with Gasteiger partial charge in [-0.3, -0.25) is 4.79 Å². The van der Waals surface area contributed by atoms with E-state index in [1.54, 1.807) is 13.8 Å². The molecule has 0 aliphatic rings. The summed E-state index contributed by atoms with van der Waals surface area (Å²) < 4.78 is 0. The number of allylic oxidation sites excluding steroid dienone is 1. The van der Waals surface area contributed by atoms with Crippen LogP contribution in [0.3, 0.4) is 0 Å². The molecular weight excluding hydrogens is 252 g/mol. The monoisotopic (exact) mass is 268 g/mol. The van der Waals surface area contributed by atoms with Crippen molar-refractivity contribution in [2.75, 3.05) is 0 Å². The van der Waals surface area contributed by atoms with Crippen LogP contribution >= 0.6 is 11.3 Å². The molecule has 1 rings (SSSR count). The van der Waals surface area contributed by atoms with Gasteiger partial charge in [0, 0.05) is 11.0 Å². The average molecular weight is 268 g/mol. The summed E-state index contributed by atoms with van der Waals surface area (Å²) in [6.07, 6.45) is 2.64. The molecule has 0 aromatic carbocycles. The van der Waals surface area contributed by atoms with E-state index < -0.39 is 5.97 Å². The maximum absolute atomic E-state index is 11.7. The molecule has 0 radical (unpaired) electrons. The molecule has 0 bridgehead atoms. The van der Waals surface area contributed by atoms with Crippen molar-refractivity contribution in [2.24, 2.45) is 0 Å². The lowest BCUT2D eigenvalue weighted by Gasteiger charge is -2.11. The van der Waals surface area contributed by atoms with Gasteiger partial charge < -0.3 is 10.4 Å². The fourth-order valence-electron chi connectivity index (χ4n) is 1.36. The number of amides is 1. The number of aromatic carboxylic acids is 1. The van der Waals surface area contributed by atoms with Gasteiger partial charge in [-0.25, -0.2) is 9.78 Å². The molecule has 1 unspecified atom stereocenters. The summed E-state index contributed by atoms with van der Waals surface area (Å²) in [5.74, 6) is -1.21. The first-order valence-corrected chi connectivity index (χ1v) is 6.50. The number of carboxylic acids is 1. The van der Waals surface area contributed by atoms with Crippen molar-refractivity contribution >= 4 is 23.2 Å². The number of nitrogens with zero attached hydrogens (tertiary/aromatic N) is 1. The van der Waals surface area contributed by atoms with Crippen LogP contribution in [-0.2, 0) is 4.79 Å². The van der Waals surface area contributed by atoms with Gasteiger partial charge in [-0.15, -0.1) is 11.3 Å². The summed E-state index contributed by atoms with van der Waals surface area (Å²) in [4.78, 5) is 26.4. The van der Waals surface area contributed by atoms with Gasteiger partial charge in [0.1, 0.15) is 5.01 Å². The van der Waals surface area contributed by atoms with Gasteiger partial charge >= 0.3 is 5.97 Å². The lowest BCUT2D eigenvalue weighted by molar-refractivity contribution is -0.118. The summed E-state index contributed by atoms with van der Waals surface area (Å²) in [5, 5.41) is 13.6. The first-order valence-electron chi connectivity index (χ1n) is 5.62. The van der Waals surface area contributed by atoms with E-state index in [9.17, 15) is 9.59 Å². The number of hydrogen-bond acceptors (Lipinski definition) is 4. The summed E-state index contributed by atoms with van der Waals surface area (Å²) in [6.45, 7) is 5.48. The predicted octanol–water partition coefficient (Wildman–Crippen LogP) is 2.37. The van der Waals surface area contributed by atoms with Crippen molar-refractivity contribution in [3.05, 3.63) is 27.7 Å². The van der Waals surface area contributed by atoms with E-state index in [2.05, 4.69) is 10.3 Å². The highest BCUT2D eigenvalue weighted by atomic mass is 32.1. The Labute approximate surface area is 110 Å². The summed E-state index contributed by atoms with van der Waals surface area (Å²) in [5.41, 5.74) is 0.663. The van der Waals surface area contributed by atoms with Crippen molar-refractivity contribution in [3.63, 3.8) is 0 Å². The van der Waals surface area contributed by atoms with Crippen molar-refractivity contribution in [2.45, 2.75) is 33.2 Å². The minimum absolute atomic E-state index is 0.0110. The van der Waals surface area contributed by atoms with E-state index in [1.165, 1.54) is 16.7 Å². The lowest BCUT2D eigenvalue weighted by Crippen LogP contribution is -2.27. The van der Waals surface area contributed by atoms with Crippen molar-refractivity contribution < 1.29 is 14.7 Å². The third-order valence-corrected chi connectivity index (χ3v) is 3.36. The Morgan fingerprint density at radius 1 is 1.61 bits per heavy atom. The second-order valence-corrected chi connectivity index (χ2v) is 4.76. The van der Waals surface area contributed by atoms with Gasteiger partial charge in [-0.2, -0.15) is 0 Å². The molecule has 1 aromatic heterocycles. The van der Waals surface area contributed by atoms with Crippen LogP contribution in [0, 0.1) is 0 Å². The Hall–Kier alpha value is -1.69. The minimum atomic E-state index is -1.06. The second kappa shape index (κ2) is 6.30. The number of aromatic nitrogens is 1. The Bertz CT molecular complexity index is 479. The fourth-order valence-corrected chi connectivity index (χ4v) is 2.16. The van der Waals surface area contributed by atoms with Gasteiger partial charge in [0.2, 0.25) is 5.91 Å². The number of rotatable bonds is 5. The maximum Gasteiger partial charge on any atom is 0.355 e. The minimum Gasteiger partial charge on any atom is -0.476 e. The molecular formula is C12H16N2O3S. The standard InChI is InChI=1S/C12H16N2O3S/c1-4-5-7(2)10(15)13-8(3)11-14-9(6-18-11)12(16)17/h5-6,8H,4H2,1-3H3,(H,13,15)(H,16,17). The molecule has 1 aromatic rings. The van der Waals surface area contributed by atoms with Crippen LogP contribution in [0.2, 0.25) is 0 Å². The zero-order valence-corrected chi connectivity index (χ0v) is 11.4. The van der Waals surface area contributed by atoms with Gasteiger partial charge in [-0.05, 0) is 20.3 Å². The van der Waals surface area contributed by atoms with Crippen LogP contribution in [0.25, 0.3) is 0 Å². The number of carboxylic acid groups (broad SMARTS) is 1. The topological polar surface area (TPSA) is 79.3 Å². The smallest absolute Gasteiger partial charge is 0.355 e. The average Bonchev–Trinajstić information content (AvgIpc) is 2.78. The van der Waals surface area contributed by atoms with E-state index in [0.29, 0.717) is 10.6 Å². The molecule has 98 valence electrons. The number of nitrogens with one attached hydrogen (secondary N) is 1. The quantitative estimate of drug-likeness (QED) is 0.803. The van der Waals surface area contributed by atoms with Crippen LogP contribution in [0.5, 0.6) is 0 Å². The highest BCUT2D eigenvalue weighted by Gasteiger charge is 2.16. The molecule has 1 amide bonds. The first-order chi connectivity index (χ1) is 8.45. The third kappa shape index (κ3) is 3.66. The highest BCUT2D eigenvalue weighted by molar-refractivity contribution is 7.09. The molecule has 6 heteroatoms. The van der Waals surface area contributed by atoms with Gasteiger partial charge in [-0.1, -0.05) is 13.0 Å². The molecule has 0 saturated carbocycles. The third-order valence-electron chi connectivity index (χ3n) is 2.33. The maximum atomic E-state index is 11.7. The van der Waals surface area contributed by atoms with Crippen LogP contribution in [0.1, 0.15) is 48.7 Å². The van der Waals surface area contributed by atoms with Crippen LogP contribution < -0.4 is 5.32 Å². The van der Waals surface area contributed by atoms with Crippen molar-refractivity contribution in [1.29, 1.82) is 0 Å². The van der Waals surface area contributed by atoms with Crippen molar-refractivity contribution in [3.8, 4) is 0 Å². The summed E-state index contributed by atoms with van der Waals surface area (Å²) in [7, 11) is 0. The number of carbonyl (C=O) groups is 2. The number of hydrogen-bond donors (Lipinski definition) is 2. The number of thiazole rings is 1. The van der Waals surface area contributed by atoms with Gasteiger partial charge in [0.15, 0.2) is 5.69 Å². The zero-order chi connectivity index (χ0) is 13.7. The molecule has 0 spiro atoms. The van der Waals surface area contributed by atoms with Crippen LogP contribution in [-0.4, -0.2) is 22.0 Å². The largest absolute Gasteiger partial charge is 0.476 e. The molecule has 1 atom stereocenters. The fraction of sp³-hybridized carbons (Fsp3) is 0.417. The predicted molar refractivity (Wildman–Crippen MR) is 69.7 cm³/mol. The van der Waals surface area contributed by atoms with Crippen molar-refractivity contribution in [1.82, 2.24) is 10.3 Å². The van der Waals surface area contributed by atoms with E-state index in [0.717, 1.165) is 6.42 Å². The molecule has 2 N–H and O–H groups in total. The molecule has 0 fully saturated rings. The normalized spacial score (nSPS) is 13.2. The van der Waals surface area contributed by atoms with Crippen LogP contribution in [0.15, 0.2) is 17.0 Å². The second-order valence-electron chi connectivity index (χ2n) is 3.87. The SMILES string of the molecule is CCC=C(C)C(=O)NC(C)c1nc(C(=O)O)cs1. The summed E-state index contributed by atoms with van der Waals surface area (Å²) in [6, 6.07) is -0.296. The number of carbonyl (C=O) groups excluding carboxylic acids is 1. The molecule has 0 aliphatic carbocycles. The Morgan fingerprint density at radius 2 is 2.28 bits per heavy atom. The van der Waals surface area contributed by atoms with E-state index in [4.69, 9.17) is 5.11 Å². The zero-order valence-electron chi connectivity index (χ0n) is 10.6. The van der Waals surface area contributed by atoms with Crippen LogP contribution in [0.4, 0.5) is 0 Å². The summed E-state index contributed by atoms with van der Waals surface area (Å²) >= 11 is 1.23. The van der Waals surface area contributed by atoms with E-state index in [1.807, 2.05) is 13.0 Å². The van der Waals surface area contributed by atoms with Gasteiger partial charge in [0.25, 0.3) is 0 Å². The highest BCUT2D eigenvalue weighted by Crippen LogP contribution is 2.18. The molecule has 5 nitrogen and oxygen atoms in total. The van der Waals surface area contributed by atoms with E-state index in [-0.39, 0.29) is 17.6 Å². The van der Waals surface area contributed by atoms with Gasteiger partial charge in [0.05, 0.1) is 6.04 Å². The Morgan fingerprint density at radius 3 is 2.78 bits per heavy atom. The molecule has 1 heterocycles. The molecule has 0 aliphatic heterocycles. The lowest BCUT2D eigenvalue weighted by atomic mass is 10.2. The Kier molecular flexibility index (Phi) is 5.03. The van der Waals surface area contributed by atoms with E-state index >= 15 is 0 Å².